The largest absolute Gasteiger partial charge is 0.273 e. The van der Waals surface area contributed by atoms with Crippen LogP contribution in [0.15, 0.2) is 36.4 Å². The molecule has 0 saturated carbocycles. The first kappa shape index (κ1) is 22.0. The van der Waals surface area contributed by atoms with Gasteiger partial charge in [0.25, 0.3) is 22.8 Å². The van der Waals surface area contributed by atoms with E-state index < -0.39 is 9.85 Å². The molecular weight excluding hydrogens is 460 g/mol. The topological polar surface area (TPSA) is 143 Å². The maximum absolute atomic E-state index is 11.8. The second-order valence-electron chi connectivity index (χ2n) is 8.08. The summed E-state index contributed by atoms with van der Waals surface area (Å²) in [6.45, 7) is 15.3. The van der Waals surface area contributed by atoms with E-state index in [0.29, 0.717) is 44.5 Å². The maximum atomic E-state index is 11.8. The Morgan fingerprint density at radius 1 is 0.750 bits per heavy atom. The standard InChI is InChI=1S/C26H10N6O4/c1-29-19(11-27)23-17-9-15-13(5-3-7-21(15)31(33)34)24(17)26(20(12-28)30-2)25-14-6-4-8-22(32(35)36)16(14)10-18(23)25/h3-8H,9-10H2. The molecule has 0 saturated heterocycles. The van der Waals surface area contributed by atoms with Gasteiger partial charge < -0.3 is 0 Å². The fourth-order valence-electron chi connectivity index (χ4n) is 5.29. The van der Waals surface area contributed by atoms with Gasteiger partial charge in [-0.25, -0.2) is 20.2 Å². The predicted molar refractivity (Wildman–Crippen MR) is 127 cm³/mol. The number of hydrogen-bond donors (Lipinski definition) is 0. The van der Waals surface area contributed by atoms with Gasteiger partial charge in [-0.05, 0) is 38.6 Å². The Bertz CT molecular complexity index is 1760. The summed E-state index contributed by atoms with van der Waals surface area (Å²) >= 11 is 0. The average molecular weight is 470 g/mol. The maximum Gasteiger partial charge on any atom is 0.273 e. The number of nitriles is 2. The van der Waals surface area contributed by atoms with Crippen molar-refractivity contribution in [2.45, 2.75) is 12.8 Å². The molecule has 0 radical (unpaired) electrons. The van der Waals surface area contributed by atoms with Crippen molar-refractivity contribution in [2.24, 2.45) is 0 Å². The smallest absolute Gasteiger partial charge is 0.258 e. The molecule has 168 valence electrons. The normalized spacial score (nSPS) is 11.4. The Balaban J connectivity index is 2.13. The summed E-state index contributed by atoms with van der Waals surface area (Å²) in [4.78, 5) is 29.3. The molecule has 0 aromatic heterocycles. The molecule has 0 heterocycles. The Morgan fingerprint density at radius 3 is 1.53 bits per heavy atom. The van der Waals surface area contributed by atoms with Crippen LogP contribution < -0.4 is 10.4 Å². The van der Waals surface area contributed by atoms with E-state index in [1.165, 1.54) is 24.3 Å². The zero-order chi connectivity index (χ0) is 25.7. The van der Waals surface area contributed by atoms with Crippen molar-refractivity contribution in [3.05, 3.63) is 112 Å². The van der Waals surface area contributed by atoms with Crippen molar-refractivity contribution >= 4 is 22.8 Å². The van der Waals surface area contributed by atoms with Crippen LogP contribution in [-0.4, -0.2) is 9.85 Å². The summed E-state index contributed by atoms with van der Waals surface area (Å²) in [5, 5.41) is 43.7. The van der Waals surface area contributed by atoms with Crippen LogP contribution in [0.5, 0.6) is 0 Å². The minimum absolute atomic E-state index is 0.00722. The first-order valence-electron chi connectivity index (χ1n) is 10.4. The van der Waals surface area contributed by atoms with Gasteiger partial charge in [-0.3, -0.25) is 20.2 Å². The molecule has 0 atom stereocenters. The third-order valence-electron chi connectivity index (χ3n) is 6.56. The van der Waals surface area contributed by atoms with E-state index >= 15 is 0 Å². The molecule has 10 heteroatoms. The van der Waals surface area contributed by atoms with E-state index in [2.05, 4.69) is 9.69 Å². The van der Waals surface area contributed by atoms with Gasteiger partial charge in [0.2, 0.25) is 0 Å². The van der Waals surface area contributed by atoms with Crippen LogP contribution in [-0.2, 0) is 12.8 Å². The highest BCUT2D eigenvalue weighted by molar-refractivity contribution is 5.94. The lowest BCUT2D eigenvalue weighted by Crippen LogP contribution is -2.25. The minimum atomic E-state index is -0.524. The van der Waals surface area contributed by atoms with E-state index in [0.717, 1.165) is 0 Å². The summed E-state index contributed by atoms with van der Waals surface area (Å²) in [5.41, 5.74) is 2.29. The van der Waals surface area contributed by atoms with E-state index in [-0.39, 0.29) is 46.0 Å². The van der Waals surface area contributed by atoms with Crippen molar-refractivity contribution in [1.82, 2.24) is 0 Å². The number of hydrogen-bond acceptors (Lipinski definition) is 6. The molecule has 5 rings (SSSR count). The first-order chi connectivity index (χ1) is 17.4. The molecule has 0 N–H and O–H groups in total. The summed E-state index contributed by atoms with van der Waals surface area (Å²) in [5.74, 6) is 0. The molecule has 0 spiro atoms. The fourth-order valence-corrected chi connectivity index (χ4v) is 5.29. The van der Waals surface area contributed by atoms with Crippen LogP contribution in [0.25, 0.3) is 43.3 Å². The van der Waals surface area contributed by atoms with Crippen LogP contribution in [0, 0.1) is 56.0 Å². The number of nitrogens with zero attached hydrogens (tertiary/aromatic N) is 6. The van der Waals surface area contributed by atoms with E-state index in [1.807, 2.05) is 12.1 Å². The third kappa shape index (κ3) is 2.80. The number of benzene rings is 3. The van der Waals surface area contributed by atoms with Gasteiger partial charge in [0, 0.05) is 41.3 Å². The molecule has 3 aromatic rings. The van der Waals surface area contributed by atoms with Gasteiger partial charge in [-0.15, -0.1) is 0 Å². The SMILES string of the molecule is [C-]#[N+]C(C#N)=c1c2c(c(=C(C#N)[N+]#[C-])c3c1Cc1c-3cccc1[N+](=O)[O-])-c1cccc([N+](=O)[O-])c1C2. The highest BCUT2D eigenvalue weighted by Crippen LogP contribution is 2.44. The Hall–Kier alpha value is -5.84. The highest BCUT2D eigenvalue weighted by Gasteiger charge is 2.36. The fraction of sp³-hybridized carbons (Fsp3) is 0.0769. The van der Waals surface area contributed by atoms with Crippen molar-refractivity contribution in [3.8, 4) is 34.4 Å². The summed E-state index contributed by atoms with van der Waals surface area (Å²) < 4.78 is 0. The molecule has 0 aliphatic heterocycles. The van der Waals surface area contributed by atoms with Crippen LogP contribution in [0.3, 0.4) is 0 Å². The van der Waals surface area contributed by atoms with Gasteiger partial charge >= 0.3 is 0 Å². The molecule has 2 aliphatic carbocycles. The zero-order valence-electron chi connectivity index (χ0n) is 18.2. The van der Waals surface area contributed by atoms with Crippen molar-refractivity contribution in [3.63, 3.8) is 0 Å². The number of nitro groups is 2. The predicted octanol–water partition coefficient (Wildman–Crippen LogP) is 3.75. The summed E-state index contributed by atoms with van der Waals surface area (Å²) in [6.07, 6.45) is 0.0144. The Labute approximate surface area is 202 Å². The molecule has 0 fully saturated rings. The number of fused-ring (bicyclic) bond motifs is 6. The van der Waals surface area contributed by atoms with E-state index in [9.17, 15) is 30.8 Å². The highest BCUT2D eigenvalue weighted by atomic mass is 16.6. The van der Waals surface area contributed by atoms with E-state index in [4.69, 9.17) is 13.1 Å². The molecule has 3 aromatic carbocycles. The average Bonchev–Trinajstić information content (AvgIpc) is 3.44. The summed E-state index contributed by atoms with van der Waals surface area (Å²) in [7, 11) is 0. The first-order valence-corrected chi connectivity index (χ1v) is 10.4. The van der Waals surface area contributed by atoms with E-state index in [1.54, 1.807) is 12.1 Å². The summed E-state index contributed by atoms with van der Waals surface area (Å²) in [6, 6.07) is 12.8. The van der Waals surface area contributed by atoms with Crippen LogP contribution in [0.4, 0.5) is 11.4 Å². The molecular formula is C26H10N6O4. The van der Waals surface area contributed by atoms with Crippen molar-refractivity contribution < 1.29 is 9.85 Å². The van der Waals surface area contributed by atoms with Gasteiger partial charge in [0.05, 0.1) is 35.1 Å². The molecule has 2 aliphatic rings. The lowest BCUT2D eigenvalue weighted by Gasteiger charge is -2.13. The van der Waals surface area contributed by atoms with Crippen LogP contribution in [0.1, 0.15) is 22.3 Å². The van der Waals surface area contributed by atoms with Crippen molar-refractivity contribution in [2.75, 3.05) is 0 Å². The molecule has 36 heavy (non-hydrogen) atoms. The molecule has 10 nitrogen and oxygen atoms in total. The van der Waals surface area contributed by atoms with Crippen LogP contribution >= 0.6 is 0 Å². The van der Waals surface area contributed by atoms with Gasteiger partial charge in [-0.1, -0.05) is 24.3 Å². The minimum Gasteiger partial charge on any atom is -0.258 e. The molecule has 0 amide bonds. The second-order valence-corrected chi connectivity index (χ2v) is 8.08. The third-order valence-corrected chi connectivity index (χ3v) is 6.56. The molecule has 0 unspecified atom stereocenters. The lowest BCUT2D eigenvalue weighted by molar-refractivity contribution is -0.385. The van der Waals surface area contributed by atoms with Crippen LogP contribution in [0.2, 0.25) is 0 Å². The quantitative estimate of drug-likeness (QED) is 0.218. The van der Waals surface area contributed by atoms with Gasteiger partial charge in [0.1, 0.15) is 0 Å². The number of rotatable bonds is 2. The lowest BCUT2D eigenvalue weighted by atomic mass is 9.90. The van der Waals surface area contributed by atoms with Gasteiger partial charge in [0.15, 0.2) is 0 Å². The molecule has 0 bridgehead atoms. The second kappa shape index (κ2) is 7.88. The number of nitro benzene ring substituents is 2. The van der Waals surface area contributed by atoms with Crippen molar-refractivity contribution in [1.29, 1.82) is 10.5 Å². The Morgan fingerprint density at radius 2 is 1.17 bits per heavy atom. The van der Waals surface area contributed by atoms with Gasteiger partial charge in [-0.2, -0.15) is 0 Å². The zero-order valence-corrected chi connectivity index (χ0v) is 18.2. The Kier molecular flexibility index (Phi) is 4.81. The monoisotopic (exact) mass is 470 g/mol.